The van der Waals surface area contributed by atoms with Crippen LogP contribution in [0.4, 0.5) is 16.2 Å². The molecule has 1 fully saturated rings. The summed E-state index contributed by atoms with van der Waals surface area (Å²) in [5.41, 5.74) is 1.55. The van der Waals surface area contributed by atoms with Gasteiger partial charge in [0.15, 0.2) is 0 Å². The molecule has 7 nitrogen and oxygen atoms in total. The molecule has 3 aromatic rings. The third kappa shape index (κ3) is 5.36. The Bertz CT molecular complexity index is 1050. The Kier molecular flexibility index (Phi) is 5.94. The number of rotatable bonds is 6. The van der Waals surface area contributed by atoms with Gasteiger partial charge in [0, 0.05) is 28.1 Å². The fourth-order valence-corrected chi connectivity index (χ4v) is 2.94. The largest absolute Gasteiger partial charge is 0.438 e. The number of anilines is 2. The number of hydrogen-bond acceptors (Lipinski definition) is 4. The molecular formula is C22H19BrN4O3. The zero-order chi connectivity index (χ0) is 20.9. The number of amides is 3. The van der Waals surface area contributed by atoms with Gasteiger partial charge in [-0.1, -0.05) is 15.9 Å². The average Bonchev–Trinajstić information content (AvgIpc) is 3.55. The van der Waals surface area contributed by atoms with Crippen molar-refractivity contribution in [2.24, 2.45) is 0 Å². The van der Waals surface area contributed by atoms with Crippen LogP contribution in [0.1, 0.15) is 23.2 Å². The summed E-state index contributed by atoms with van der Waals surface area (Å²) in [7, 11) is 0. The summed E-state index contributed by atoms with van der Waals surface area (Å²) in [5.74, 6) is 0.445. The maximum Gasteiger partial charge on any atom is 0.319 e. The first-order valence-electron chi connectivity index (χ1n) is 9.44. The van der Waals surface area contributed by atoms with E-state index in [2.05, 4.69) is 36.9 Å². The lowest BCUT2D eigenvalue weighted by Crippen LogP contribution is -2.30. The van der Waals surface area contributed by atoms with Crippen LogP contribution in [0.5, 0.6) is 11.6 Å². The molecule has 2 aromatic carbocycles. The molecule has 0 aliphatic heterocycles. The van der Waals surface area contributed by atoms with Crippen molar-refractivity contribution in [1.29, 1.82) is 0 Å². The van der Waals surface area contributed by atoms with Crippen LogP contribution >= 0.6 is 15.9 Å². The Morgan fingerprint density at radius 1 is 0.933 bits per heavy atom. The number of nitrogens with zero attached hydrogens (tertiary/aromatic N) is 1. The Labute approximate surface area is 182 Å². The second-order valence-corrected chi connectivity index (χ2v) is 7.73. The van der Waals surface area contributed by atoms with E-state index >= 15 is 0 Å². The Balaban J connectivity index is 1.41. The number of pyridine rings is 1. The predicted molar refractivity (Wildman–Crippen MR) is 118 cm³/mol. The van der Waals surface area contributed by atoms with Gasteiger partial charge < -0.3 is 20.7 Å². The molecule has 1 aliphatic rings. The van der Waals surface area contributed by atoms with Crippen LogP contribution in [0.15, 0.2) is 71.3 Å². The van der Waals surface area contributed by atoms with Crippen molar-refractivity contribution in [2.75, 3.05) is 10.6 Å². The topological polar surface area (TPSA) is 92.4 Å². The van der Waals surface area contributed by atoms with Gasteiger partial charge in [0.2, 0.25) is 5.88 Å². The predicted octanol–water partition coefficient (Wildman–Crippen LogP) is 5.17. The number of nitrogens with one attached hydrogen (secondary N) is 3. The fraction of sp³-hybridized carbons (Fsp3) is 0.136. The van der Waals surface area contributed by atoms with Crippen LogP contribution in [0.25, 0.3) is 0 Å². The molecule has 0 atom stereocenters. The molecule has 3 N–H and O–H groups in total. The minimum absolute atomic E-state index is 0.215. The quantitative estimate of drug-likeness (QED) is 0.466. The van der Waals surface area contributed by atoms with Crippen LogP contribution in [0, 0.1) is 0 Å². The number of benzene rings is 2. The summed E-state index contributed by atoms with van der Waals surface area (Å²) in [6.07, 6.45) is 3.62. The first-order chi connectivity index (χ1) is 14.6. The Morgan fingerprint density at radius 3 is 2.27 bits per heavy atom. The number of ether oxygens (including phenoxy) is 1. The molecule has 1 aromatic heterocycles. The highest BCUT2D eigenvalue weighted by Crippen LogP contribution is 2.25. The van der Waals surface area contributed by atoms with Gasteiger partial charge in [0.05, 0.1) is 0 Å². The average molecular weight is 467 g/mol. The minimum atomic E-state index is -0.345. The highest BCUT2D eigenvalue weighted by atomic mass is 79.9. The van der Waals surface area contributed by atoms with Gasteiger partial charge in [-0.05, 0) is 73.5 Å². The van der Waals surface area contributed by atoms with E-state index < -0.39 is 0 Å². The third-order valence-electron chi connectivity index (χ3n) is 4.36. The lowest BCUT2D eigenvalue weighted by molar-refractivity contribution is 0.102. The first kappa shape index (κ1) is 19.9. The van der Waals surface area contributed by atoms with E-state index in [-0.39, 0.29) is 23.9 Å². The standard InChI is InChI=1S/C22H19BrN4O3/c23-14-3-11-18(12-4-14)30-21-19(2-1-13-24-21)20(28)25-15-5-7-16(8-6-15)26-22(29)27-17-9-10-17/h1-8,11-13,17H,9-10H2,(H,25,28)(H2,26,27,29). The molecule has 3 amide bonds. The van der Waals surface area contributed by atoms with Gasteiger partial charge in [-0.25, -0.2) is 9.78 Å². The molecule has 152 valence electrons. The smallest absolute Gasteiger partial charge is 0.319 e. The molecule has 30 heavy (non-hydrogen) atoms. The molecule has 1 heterocycles. The highest BCUT2D eigenvalue weighted by Gasteiger charge is 2.23. The van der Waals surface area contributed by atoms with Gasteiger partial charge in [-0.3, -0.25) is 4.79 Å². The zero-order valence-corrected chi connectivity index (χ0v) is 17.5. The van der Waals surface area contributed by atoms with Crippen molar-refractivity contribution in [2.45, 2.75) is 18.9 Å². The minimum Gasteiger partial charge on any atom is -0.438 e. The van der Waals surface area contributed by atoms with Gasteiger partial charge in [-0.15, -0.1) is 0 Å². The van der Waals surface area contributed by atoms with E-state index in [4.69, 9.17) is 4.74 Å². The zero-order valence-electron chi connectivity index (χ0n) is 15.9. The van der Waals surface area contributed by atoms with Gasteiger partial charge in [-0.2, -0.15) is 0 Å². The monoisotopic (exact) mass is 466 g/mol. The number of aromatic nitrogens is 1. The second kappa shape index (κ2) is 8.96. The fourth-order valence-electron chi connectivity index (χ4n) is 2.67. The van der Waals surface area contributed by atoms with Crippen LogP contribution in [-0.4, -0.2) is 23.0 Å². The van der Waals surface area contributed by atoms with E-state index in [1.165, 1.54) is 0 Å². The van der Waals surface area contributed by atoms with Crippen LogP contribution in [0.3, 0.4) is 0 Å². The summed E-state index contributed by atoms with van der Waals surface area (Å²) >= 11 is 3.37. The van der Waals surface area contributed by atoms with Crippen molar-refractivity contribution < 1.29 is 14.3 Å². The number of urea groups is 1. The van der Waals surface area contributed by atoms with Gasteiger partial charge >= 0.3 is 6.03 Å². The molecule has 1 aliphatic carbocycles. The van der Waals surface area contributed by atoms with Crippen molar-refractivity contribution in [3.63, 3.8) is 0 Å². The maximum atomic E-state index is 12.8. The number of hydrogen-bond donors (Lipinski definition) is 3. The van der Waals surface area contributed by atoms with Gasteiger partial charge in [0.1, 0.15) is 11.3 Å². The molecule has 4 rings (SSSR count). The maximum absolute atomic E-state index is 12.8. The normalized spacial score (nSPS) is 12.7. The molecule has 1 saturated carbocycles. The Morgan fingerprint density at radius 2 is 1.60 bits per heavy atom. The molecule has 0 radical (unpaired) electrons. The molecule has 0 bridgehead atoms. The van der Waals surface area contributed by atoms with Crippen LogP contribution in [0.2, 0.25) is 0 Å². The lowest BCUT2D eigenvalue weighted by atomic mass is 10.2. The van der Waals surface area contributed by atoms with Crippen molar-refractivity contribution in [3.8, 4) is 11.6 Å². The van der Waals surface area contributed by atoms with Gasteiger partial charge in [0.25, 0.3) is 5.91 Å². The number of carbonyl (C=O) groups excluding carboxylic acids is 2. The molecule has 0 spiro atoms. The number of halogens is 1. The SMILES string of the molecule is O=C(Nc1ccc(NC(=O)c2cccnc2Oc2ccc(Br)cc2)cc1)NC1CC1. The van der Waals surface area contributed by atoms with Crippen molar-refractivity contribution >= 4 is 39.2 Å². The highest BCUT2D eigenvalue weighted by molar-refractivity contribution is 9.10. The summed E-state index contributed by atoms with van der Waals surface area (Å²) in [5, 5.41) is 8.45. The van der Waals surface area contributed by atoms with E-state index in [1.807, 2.05) is 12.1 Å². The first-order valence-corrected chi connectivity index (χ1v) is 10.2. The van der Waals surface area contributed by atoms with Crippen LogP contribution < -0.4 is 20.7 Å². The van der Waals surface area contributed by atoms with Crippen LogP contribution in [-0.2, 0) is 0 Å². The van der Waals surface area contributed by atoms with E-state index in [0.29, 0.717) is 22.7 Å². The summed E-state index contributed by atoms with van der Waals surface area (Å²) in [6, 6.07) is 17.5. The Hall–Kier alpha value is -3.39. The van der Waals surface area contributed by atoms with E-state index in [9.17, 15) is 9.59 Å². The number of carbonyl (C=O) groups is 2. The lowest BCUT2D eigenvalue weighted by Gasteiger charge is -2.11. The summed E-state index contributed by atoms with van der Waals surface area (Å²) in [6.45, 7) is 0. The van der Waals surface area contributed by atoms with Crippen molar-refractivity contribution in [1.82, 2.24) is 10.3 Å². The molecule has 0 unspecified atom stereocenters. The summed E-state index contributed by atoms with van der Waals surface area (Å²) in [4.78, 5) is 28.7. The molecular weight excluding hydrogens is 448 g/mol. The van der Waals surface area contributed by atoms with Crippen molar-refractivity contribution in [3.05, 3.63) is 76.9 Å². The second-order valence-electron chi connectivity index (χ2n) is 6.82. The summed E-state index contributed by atoms with van der Waals surface area (Å²) < 4.78 is 6.70. The molecule has 8 heteroatoms. The van der Waals surface area contributed by atoms with E-state index in [0.717, 1.165) is 17.3 Å². The third-order valence-corrected chi connectivity index (χ3v) is 4.89. The molecule has 0 saturated heterocycles. The van der Waals surface area contributed by atoms with E-state index in [1.54, 1.807) is 54.7 Å².